The number of aromatic nitrogens is 2. The molecule has 0 saturated carbocycles. The molecule has 3 rings (SSSR count). The Kier molecular flexibility index (Phi) is 3.87. The molecule has 0 aliphatic heterocycles. The number of primary amides is 1. The molecule has 0 atom stereocenters. The summed E-state index contributed by atoms with van der Waals surface area (Å²) in [6.45, 7) is 0. The zero-order valence-electron chi connectivity index (χ0n) is 11.2. The molecule has 0 aliphatic carbocycles. The second-order valence-corrected chi connectivity index (χ2v) is 5.50. The first-order valence-electron chi connectivity index (χ1n) is 6.46. The number of hydrogen-bond donors (Lipinski definition) is 1. The smallest absolute Gasteiger partial charge is 0.218 e. The van der Waals surface area contributed by atoms with Crippen LogP contribution in [0.15, 0.2) is 52.1 Å². The van der Waals surface area contributed by atoms with E-state index in [9.17, 15) is 4.79 Å². The lowest BCUT2D eigenvalue weighted by Gasteiger charge is -2.06. The normalized spacial score (nSPS) is 10.9. The van der Waals surface area contributed by atoms with Crippen molar-refractivity contribution in [2.45, 2.75) is 11.4 Å². The summed E-state index contributed by atoms with van der Waals surface area (Å²) in [4.78, 5) is 19.9. The van der Waals surface area contributed by atoms with Crippen molar-refractivity contribution < 1.29 is 9.21 Å². The highest BCUT2D eigenvalue weighted by Gasteiger charge is 2.11. The monoisotopic (exact) mass is 299 g/mol. The summed E-state index contributed by atoms with van der Waals surface area (Å²) < 4.78 is 5.36. The zero-order valence-corrected chi connectivity index (χ0v) is 12.0. The van der Waals surface area contributed by atoms with Crippen molar-refractivity contribution in [3.05, 3.63) is 42.7 Å². The average Bonchev–Trinajstić information content (AvgIpc) is 3.01. The summed E-state index contributed by atoms with van der Waals surface area (Å²) >= 11 is 1.50. The first kappa shape index (κ1) is 13.6. The van der Waals surface area contributed by atoms with Crippen molar-refractivity contribution in [1.82, 2.24) is 9.97 Å². The first-order valence-corrected chi connectivity index (χ1v) is 7.44. The van der Waals surface area contributed by atoms with Crippen molar-refractivity contribution >= 4 is 28.6 Å². The Morgan fingerprint density at radius 3 is 2.81 bits per heavy atom. The van der Waals surface area contributed by atoms with Gasteiger partial charge in [0.05, 0.1) is 11.8 Å². The van der Waals surface area contributed by atoms with Gasteiger partial charge in [0.1, 0.15) is 5.03 Å². The minimum Gasteiger partial charge on any atom is -0.461 e. The molecule has 0 fully saturated rings. The molecule has 1 amide bonds. The molecule has 0 spiro atoms. The lowest BCUT2D eigenvalue weighted by molar-refractivity contribution is -0.117. The molecule has 0 radical (unpaired) electrons. The maximum atomic E-state index is 10.9. The second-order valence-electron chi connectivity index (χ2n) is 4.41. The number of carbonyl (C=O) groups is 1. The first-order chi connectivity index (χ1) is 10.2. The maximum Gasteiger partial charge on any atom is 0.218 e. The zero-order chi connectivity index (χ0) is 14.7. The third kappa shape index (κ3) is 3.05. The molecular formula is C15H13N3O2S. The Bertz CT molecular complexity index is 772. The van der Waals surface area contributed by atoms with Gasteiger partial charge in [0.15, 0.2) is 11.6 Å². The summed E-state index contributed by atoms with van der Waals surface area (Å²) in [5, 5.41) is 1.79. The van der Waals surface area contributed by atoms with Gasteiger partial charge in [0, 0.05) is 17.6 Å². The summed E-state index contributed by atoms with van der Waals surface area (Å²) in [6.07, 6.45) is 1.91. The lowest BCUT2D eigenvalue weighted by Crippen LogP contribution is -2.11. The molecule has 1 aromatic carbocycles. The predicted molar refractivity (Wildman–Crippen MR) is 81.8 cm³/mol. The number of furan rings is 1. The van der Waals surface area contributed by atoms with Gasteiger partial charge in [-0.25, -0.2) is 9.97 Å². The third-order valence-corrected chi connectivity index (χ3v) is 3.89. The third-order valence-electron chi connectivity index (χ3n) is 2.90. The van der Waals surface area contributed by atoms with Crippen LogP contribution in [0, 0.1) is 0 Å². The maximum absolute atomic E-state index is 10.9. The molecule has 0 aliphatic rings. The molecule has 2 heterocycles. The largest absolute Gasteiger partial charge is 0.461 e. The highest BCUT2D eigenvalue weighted by molar-refractivity contribution is 7.99. The van der Waals surface area contributed by atoms with Gasteiger partial charge in [-0.1, -0.05) is 18.2 Å². The van der Waals surface area contributed by atoms with Crippen molar-refractivity contribution in [2.24, 2.45) is 5.73 Å². The number of benzene rings is 1. The van der Waals surface area contributed by atoms with E-state index in [1.807, 2.05) is 30.3 Å². The summed E-state index contributed by atoms with van der Waals surface area (Å²) in [7, 11) is 0. The van der Waals surface area contributed by atoms with E-state index in [4.69, 9.17) is 10.2 Å². The number of rotatable bonds is 5. The van der Waals surface area contributed by atoms with Crippen LogP contribution in [-0.2, 0) is 4.79 Å². The summed E-state index contributed by atoms with van der Waals surface area (Å²) in [5.41, 5.74) is 6.02. The van der Waals surface area contributed by atoms with Crippen molar-refractivity contribution in [3.63, 3.8) is 0 Å². The number of nitrogens with two attached hydrogens (primary N) is 1. The van der Waals surface area contributed by atoms with E-state index in [1.54, 1.807) is 12.3 Å². The van der Waals surface area contributed by atoms with Gasteiger partial charge in [0.2, 0.25) is 5.91 Å². The minimum atomic E-state index is -0.313. The number of amides is 1. The van der Waals surface area contributed by atoms with Gasteiger partial charge in [0.25, 0.3) is 0 Å². The second kappa shape index (κ2) is 5.97. The average molecular weight is 299 g/mol. The Morgan fingerprint density at radius 1 is 1.19 bits per heavy atom. The molecule has 0 saturated heterocycles. The Hall–Kier alpha value is -2.34. The fourth-order valence-electron chi connectivity index (χ4n) is 1.92. The molecular weight excluding hydrogens is 286 g/mol. The van der Waals surface area contributed by atoms with Gasteiger partial charge in [-0.3, -0.25) is 4.79 Å². The standard InChI is InChI=1S/C15H13N3O2S/c16-13(19)7-9-21-15-10-4-1-2-5-11(10)17-14(18-15)12-6-3-8-20-12/h1-6,8H,7,9H2,(H2,16,19). The van der Waals surface area contributed by atoms with Crippen LogP contribution < -0.4 is 5.73 Å². The van der Waals surface area contributed by atoms with Crippen LogP contribution >= 0.6 is 11.8 Å². The molecule has 0 unspecified atom stereocenters. The topological polar surface area (TPSA) is 82.0 Å². The number of carbonyl (C=O) groups excluding carboxylic acids is 1. The number of fused-ring (bicyclic) bond motifs is 1. The summed E-state index contributed by atoms with van der Waals surface area (Å²) in [6, 6.07) is 11.4. The lowest BCUT2D eigenvalue weighted by atomic mass is 10.2. The van der Waals surface area contributed by atoms with Crippen LogP contribution in [0.5, 0.6) is 0 Å². The number of para-hydroxylation sites is 1. The fraction of sp³-hybridized carbons (Fsp3) is 0.133. The van der Waals surface area contributed by atoms with E-state index in [0.717, 1.165) is 15.9 Å². The van der Waals surface area contributed by atoms with E-state index >= 15 is 0 Å². The Morgan fingerprint density at radius 2 is 2.05 bits per heavy atom. The fourth-order valence-corrected chi connectivity index (χ4v) is 2.90. The van der Waals surface area contributed by atoms with Gasteiger partial charge >= 0.3 is 0 Å². The molecule has 5 nitrogen and oxygen atoms in total. The van der Waals surface area contributed by atoms with Crippen LogP contribution in [0.25, 0.3) is 22.5 Å². The quantitative estimate of drug-likeness (QED) is 0.578. The number of thioether (sulfide) groups is 1. The van der Waals surface area contributed by atoms with E-state index < -0.39 is 0 Å². The molecule has 3 aromatic rings. The summed E-state index contributed by atoms with van der Waals surface area (Å²) in [5.74, 6) is 1.44. The van der Waals surface area contributed by atoms with Gasteiger partial charge < -0.3 is 10.2 Å². The van der Waals surface area contributed by atoms with Crippen LogP contribution in [0.3, 0.4) is 0 Å². The highest BCUT2D eigenvalue weighted by atomic mass is 32.2. The molecule has 106 valence electrons. The molecule has 0 bridgehead atoms. The van der Waals surface area contributed by atoms with E-state index in [1.165, 1.54) is 11.8 Å². The van der Waals surface area contributed by atoms with Crippen molar-refractivity contribution in [1.29, 1.82) is 0 Å². The van der Waals surface area contributed by atoms with Gasteiger partial charge in [-0.2, -0.15) is 0 Å². The van der Waals surface area contributed by atoms with Crippen LogP contribution in [0.4, 0.5) is 0 Å². The van der Waals surface area contributed by atoms with Crippen LogP contribution in [0.2, 0.25) is 0 Å². The van der Waals surface area contributed by atoms with Gasteiger partial charge in [-0.15, -0.1) is 11.8 Å². The molecule has 6 heteroatoms. The highest BCUT2D eigenvalue weighted by Crippen LogP contribution is 2.28. The Balaban J connectivity index is 2.01. The number of nitrogens with zero attached hydrogens (tertiary/aromatic N) is 2. The molecule has 2 N–H and O–H groups in total. The predicted octanol–water partition coefficient (Wildman–Crippen LogP) is 2.86. The van der Waals surface area contributed by atoms with E-state index in [0.29, 0.717) is 23.8 Å². The molecule has 2 aromatic heterocycles. The van der Waals surface area contributed by atoms with Crippen LogP contribution in [-0.4, -0.2) is 21.6 Å². The van der Waals surface area contributed by atoms with E-state index in [2.05, 4.69) is 9.97 Å². The van der Waals surface area contributed by atoms with Crippen molar-refractivity contribution in [2.75, 3.05) is 5.75 Å². The van der Waals surface area contributed by atoms with E-state index in [-0.39, 0.29) is 5.91 Å². The van der Waals surface area contributed by atoms with Crippen LogP contribution in [0.1, 0.15) is 6.42 Å². The molecule has 21 heavy (non-hydrogen) atoms. The Labute approximate surface area is 125 Å². The minimum absolute atomic E-state index is 0.313. The van der Waals surface area contributed by atoms with Gasteiger partial charge in [-0.05, 0) is 18.2 Å². The SMILES string of the molecule is NC(=O)CCSc1nc(-c2ccco2)nc2ccccc12. The van der Waals surface area contributed by atoms with Crippen molar-refractivity contribution in [3.8, 4) is 11.6 Å². The number of hydrogen-bond acceptors (Lipinski definition) is 5.